The van der Waals surface area contributed by atoms with Crippen LogP contribution in [0.15, 0.2) is 36.5 Å². The van der Waals surface area contributed by atoms with Crippen LogP contribution in [0, 0.1) is 0 Å². The summed E-state index contributed by atoms with van der Waals surface area (Å²) < 4.78 is 29.9. The van der Waals surface area contributed by atoms with Crippen LogP contribution in [0.1, 0.15) is 5.56 Å². The van der Waals surface area contributed by atoms with Crippen molar-refractivity contribution in [2.24, 2.45) is 0 Å². The number of aryl methyl sites for hydroxylation is 2. The van der Waals surface area contributed by atoms with Gasteiger partial charge in [-0.25, -0.2) is 4.79 Å². The Balaban J connectivity index is 1.43. The van der Waals surface area contributed by atoms with Crippen LogP contribution >= 0.6 is 0 Å². The highest BCUT2D eigenvalue weighted by Crippen LogP contribution is 2.42. The van der Waals surface area contributed by atoms with Crippen molar-refractivity contribution in [1.82, 2.24) is 0 Å². The summed E-state index contributed by atoms with van der Waals surface area (Å²) in [6.45, 7) is 0.878. The molecule has 2 aromatic carbocycles. The summed E-state index contributed by atoms with van der Waals surface area (Å²) in [5.74, 6) is 0.472. The number of hydrogen-bond donors (Lipinski definition) is 4. The molecule has 4 heterocycles. The van der Waals surface area contributed by atoms with E-state index in [0.29, 0.717) is 23.4 Å². The number of aliphatic carboxylic acids is 1. The summed E-state index contributed by atoms with van der Waals surface area (Å²) in [6, 6.07) is 9.53. The maximum atomic E-state index is 11.5. The third-order valence-corrected chi connectivity index (χ3v) is 6.84. The van der Waals surface area contributed by atoms with E-state index in [1.54, 1.807) is 6.07 Å². The first kappa shape index (κ1) is 22.8. The molecule has 0 amide bonds. The minimum Gasteiger partial charge on any atom is -0.493 e. The van der Waals surface area contributed by atoms with Gasteiger partial charge in [-0.3, -0.25) is 0 Å². The Hall–Kier alpha value is -3.64. The van der Waals surface area contributed by atoms with Crippen LogP contribution in [-0.4, -0.2) is 71.0 Å². The molecule has 0 unspecified atom stereocenters. The quantitative estimate of drug-likeness (QED) is 0.372. The highest BCUT2D eigenvalue weighted by molar-refractivity contribution is 5.91. The maximum absolute atomic E-state index is 11.5. The van der Waals surface area contributed by atoms with Gasteiger partial charge < -0.3 is 44.1 Å². The molecule has 1 saturated heterocycles. The number of fused-ring (bicyclic) bond motifs is 5. The molecule has 1 aromatic heterocycles. The average molecular weight is 498 g/mol. The molecule has 4 N–H and O–H groups in total. The average Bonchev–Trinajstić information content (AvgIpc) is 3.34. The Bertz CT molecular complexity index is 1370. The fourth-order valence-electron chi connectivity index (χ4n) is 4.94. The number of nitrogens with zero attached hydrogens (tertiary/aromatic N) is 1. The fraction of sp³-hybridized carbons (Fsp3) is 0.360. The Morgan fingerprint density at radius 1 is 1.06 bits per heavy atom. The largest absolute Gasteiger partial charge is 0.493 e. The van der Waals surface area contributed by atoms with Crippen molar-refractivity contribution in [2.75, 3.05) is 13.9 Å². The Kier molecular flexibility index (Phi) is 5.38. The third kappa shape index (κ3) is 3.51. The van der Waals surface area contributed by atoms with E-state index >= 15 is 0 Å². The van der Waals surface area contributed by atoms with E-state index in [4.69, 9.17) is 23.7 Å². The molecule has 1 fully saturated rings. The molecular weight excluding hydrogens is 474 g/mol. The smallest absolute Gasteiger partial charge is 0.335 e. The normalized spacial score (nSPS) is 26.3. The van der Waals surface area contributed by atoms with Gasteiger partial charge in [-0.05, 0) is 35.2 Å². The number of aromatic nitrogens is 1. The van der Waals surface area contributed by atoms with E-state index in [9.17, 15) is 25.2 Å². The second-order valence-corrected chi connectivity index (χ2v) is 8.92. The number of carboxylic acid groups (broad SMARTS) is 1. The zero-order chi connectivity index (χ0) is 25.1. The van der Waals surface area contributed by atoms with Crippen molar-refractivity contribution in [1.29, 1.82) is 0 Å². The summed E-state index contributed by atoms with van der Waals surface area (Å²) in [5, 5.41) is 41.4. The molecule has 11 nitrogen and oxygen atoms in total. The van der Waals surface area contributed by atoms with Crippen molar-refractivity contribution >= 4 is 16.7 Å². The van der Waals surface area contributed by atoms with E-state index in [1.165, 1.54) is 7.11 Å². The minimum absolute atomic E-state index is 0.194. The van der Waals surface area contributed by atoms with Crippen LogP contribution in [-0.2, 0) is 22.5 Å². The summed E-state index contributed by atoms with van der Waals surface area (Å²) in [6.07, 6.45) is -5.97. The molecule has 6 rings (SSSR count). The lowest BCUT2D eigenvalue weighted by atomic mass is 9.95. The maximum Gasteiger partial charge on any atom is 0.335 e. The molecule has 3 aromatic rings. The van der Waals surface area contributed by atoms with Gasteiger partial charge in [0, 0.05) is 12.5 Å². The van der Waals surface area contributed by atoms with E-state index in [-0.39, 0.29) is 12.5 Å². The molecular formula is C25H24NO10+. The number of benzene rings is 2. The van der Waals surface area contributed by atoms with Gasteiger partial charge in [-0.1, -0.05) is 0 Å². The molecule has 3 aliphatic heterocycles. The summed E-state index contributed by atoms with van der Waals surface area (Å²) in [7, 11) is 1.45. The van der Waals surface area contributed by atoms with Gasteiger partial charge in [0.1, 0.15) is 18.3 Å². The third-order valence-electron chi connectivity index (χ3n) is 6.84. The zero-order valence-electron chi connectivity index (χ0n) is 19.2. The highest BCUT2D eigenvalue weighted by Gasteiger charge is 2.48. The van der Waals surface area contributed by atoms with Crippen molar-refractivity contribution < 1.29 is 53.5 Å². The van der Waals surface area contributed by atoms with Crippen molar-refractivity contribution in [2.45, 2.75) is 43.7 Å². The first-order chi connectivity index (χ1) is 17.4. The number of carbonyl (C=O) groups is 1. The predicted molar refractivity (Wildman–Crippen MR) is 121 cm³/mol. The van der Waals surface area contributed by atoms with Crippen molar-refractivity contribution in [3.63, 3.8) is 0 Å². The molecule has 5 atom stereocenters. The van der Waals surface area contributed by atoms with E-state index in [2.05, 4.69) is 4.57 Å². The van der Waals surface area contributed by atoms with Gasteiger partial charge in [0.2, 0.25) is 18.8 Å². The Morgan fingerprint density at radius 3 is 2.58 bits per heavy atom. The Labute approximate surface area is 204 Å². The van der Waals surface area contributed by atoms with Crippen LogP contribution in [0.3, 0.4) is 0 Å². The molecule has 0 aliphatic carbocycles. The summed E-state index contributed by atoms with van der Waals surface area (Å²) >= 11 is 0. The number of hydrogen-bond acceptors (Lipinski definition) is 9. The van der Waals surface area contributed by atoms with Crippen LogP contribution < -0.4 is 23.5 Å². The number of ether oxygens (including phenoxy) is 5. The van der Waals surface area contributed by atoms with Crippen LogP contribution in [0.4, 0.5) is 0 Å². The monoisotopic (exact) mass is 498 g/mol. The Morgan fingerprint density at radius 2 is 1.83 bits per heavy atom. The molecule has 3 aliphatic rings. The lowest BCUT2D eigenvalue weighted by Gasteiger charge is -2.38. The topological polar surface area (TPSA) is 148 Å². The first-order valence-electron chi connectivity index (χ1n) is 11.4. The first-order valence-corrected chi connectivity index (χ1v) is 11.4. The number of methoxy groups -OCH3 is 1. The minimum atomic E-state index is -1.81. The van der Waals surface area contributed by atoms with Gasteiger partial charge >= 0.3 is 5.97 Å². The molecule has 188 valence electrons. The zero-order valence-corrected chi connectivity index (χ0v) is 19.2. The molecule has 0 saturated carbocycles. The summed E-state index contributed by atoms with van der Waals surface area (Å²) in [5.41, 5.74) is 3.14. The molecule has 36 heavy (non-hydrogen) atoms. The number of carboxylic acids is 1. The van der Waals surface area contributed by atoms with Crippen molar-refractivity contribution in [3.8, 4) is 34.3 Å². The van der Waals surface area contributed by atoms with Crippen LogP contribution in [0.25, 0.3) is 22.0 Å². The second-order valence-electron chi connectivity index (χ2n) is 8.92. The number of aliphatic hydroxyl groups excluding tert-OH is 3. The number of aliphatic hydroxyl groups is 3. The van der Waals surface area contributed by atoms with Gasteiger partial charge in [-0.2, -0.15) is 4.57 Å². The highest BCUT2D eigenvalue weighted by atomic mass is 16.7. The van der Waals surface area contributed by atoms with Gasteiger partial charge in [-0.15, -0.1) is 0 Å². The molecule has 0 bridgehead atoms. The van der Waals surface area contributed by atoms with Crippen molar-refractivity contribution in [3.05, 3.63) is 42.1 Å². The SMILES string of the molecule is COc1ccc2cc3[n+](cc2c1O[C@@H]1O[C@H](C(=O)O)[C@@H](O)[C@H](O)[C@H]1O)CCc1cc2c(cc1-3)OCO2. The van der Waals surface area contributed by atoms with Crippen LogP contribution in [0.2, 0.25) is 0 Å². The second kappa shape index (κ2) is 8.49. The van der Waals surface area contributed by atoms with E-state index < -0.39 is 36.7 Å². The van der Waals surface area contributed by atoms with Gasteiger partial charge in [0.05, 0.1) is 18.1 Å². The molecule has 11 heteroatoms. The lowest BCUT2D eigenvalue weighted by Crippen LogP contribution is -2.61. The standard InChI is InChI=1S/C25H23NO10/c1-32-16-3-2-11-6-15-13-8-18-17(33-10-34-18)7-12(13)4-5-26(15)9-14(11)22(16)35-25-21(29)19(27)20(28)23(36-25)24(30)31/h2-3,6-9,19-21,23,25,27-29H,4-5,10H2,1H3/p+1/t19-,20-,21+,23-,25+/m0/s1. The van der Waals surface area contributed by atoms with Gasteiger partial charge in [0.25, 0.3) is 0 Å². The fourth-order valence-corrected chi connectivity index (χ4v) is 4.94. The lowest BCUT2D eigenvalue weighted by molar-refractivity contribution is -0.686. The number of rotatable bonds is 4. The number of pyridine rings is 1. The van der Waals surface area contributed by atoms with Crippen LogP contribution in [0.5, 0.6) is 23.0 Å². The van der Waals surface area contributed by atoms with E-state index in [1.807, 2.05) is 30.5 Å². The van der Waals surface area contributed by atoms with Gasteiger partial charge in [0.15, 0.2) is 41.8 Å². The molecule has 0 radical (unpaired) electrons. The predicted octanol–water partition coefficient (Wildman–Crippen LogP) is 0.359. The summed E-state index contributed by atoms with van der Waals surface area (Å²) in [4.78, 5) is 11.5. The molecule has 0 spiro atoms. The van der Waals surface area contributed by atoms with E-state index in [0.717, 1.165) is 34.4 Å².